The van der Waals surface area contributed by atoms with E-state index in [1.165, 1.54) is 11.0 Å². The molecule has 1 heterocycles. The Morgan fingerprint density at radius 3 is 2.32 bits per heavy atom. The molecule has 2 rings (SSSR count). The van der Waals surface area contributed by atoms with Crippen LogP contribution < -0.4 is 0 Å². The summed E-state index contributed by atoms with van der Waals surface area (Å²) in [5, 5.41) is 0. The van der Waals surface area contributed by atoms with Gasteiger partial charge in [0.2, 0.25) is 5.91 Å². The fourth-order valence-corrected chi connectivity index (χ4v) is 2.25. The van der Waals surface area contributed by atoms with E-state index >= 15 is 0 Å². The van der Waals surface area contributed by atoms with E-state index in [2.05, 4.69) is 0 Å². The summed E-state index contributed by atoms with van der Waals surface area (Å²) in [5.74, 6) is -2.50. The van der Waals surface area contributed by atoms with Gasteiger partial charge in [-0.3, -0.25) is 9.59 Å². The van der Waals surface area contributed by atoms with Crippen LogP contribution >= 0.6 is 0 Å². The summed E-state index contributed by atoms with van der Waals surface area (Å²) in [7, 11) is 0. The molecule has 1 saturated heterocycles. The van der Waals surface area contributed by atoms with Crippen LogP contribution in [0.25, 0.3) is 0 Å². The molecule has 0 saturated carbocycles. The zero-order chi connectivity index (χ0) is 16.1. The van der Waals surface area contributed by atoms with Crippen molar-refractivity contribution in [1.29, 1.82) is 0 Å². The molecule has 0 aromatic heterocycles. The molecule has 0 radical (unpaired) electrons. The summed E-state index contributed by atoms with van der Waals surface area (Å²) in [6.45, 7) is 3.84. The van der Waals surface area contributed by atoms with Crippen LogP contribution in [-0.2, 0) is 9.53 Å². The van der Waals surface area contributed by atoms with E-state index in [-0.39, 0.29) is 24.0 Å². The number of amides is 2. The number of benzene rings is 1. The van der Waals surface area contributed by atoms with Crippen molar-refractivity contribution in [3.05, 3.63) is 35.4 Å². The van der Waals surface area contributed by atoms with Crippen molar-refractivity contribution >= 4 is 11.8 Å². The molecule has 0 unspecified atom stereocenters. The van der Waals surface area contributed by atoms with E-state index in [0.29, 0.717) is 32.8 Å². The van der Waals surface area contributed by atoms with E-state index in [1.807, 2.05) is 6.92 Å². The van der Waals surface area contributed by atoms with Gasteiger partial charge in [-0.15, -0.1) is 0 Å². The van der Waals surface area contributed by atoms with Crippen LogP contribution in [0.15, 0.2) is 18.2 Å². The summed E-state index contributed by atoms with van der Waals surface area (Å²) in [4.78, 5) is 27.2. The highest BCUT2D eigenvalue weighted by molar-refractivity contribution is 5.94. The highest BCUT2D eigenvalue weighted by Gasteiger charge is 2.25. The van der Waals surface area contributed by atoms with Crippen molar-refractivity contribution in [2.45, 2.75) is 6.92 Å². The first kappa shape index (κ1) is 16.4. The summed E-state index contributed by atoms with van der Waals surface area (Å²) < 4.78 is 31.1. The maximum Gasteiger partial charge on any atom is 0.254 e. The molecular weight excluding hydrogens is 294 g/mol. The van der Waals surface area contributed by atoms with Crippen LogP contribution in [0.1, 0.15) is 17.3 Å². The number of hydrogen-bond donors (Lipinski definition) is 0. The van der Waals surface area contributed by atoms with Crippen molar-refractivity contribution < 1.29 is 23.1 Å². The Kier molecular flexibility index (Phi) is 5.43. The lowest BCUT2D eigenvalue weighted by Crippen LogP contribution is -2.51. The Balaban J connectivity index is 1.92. The lowest BCUT2D eigenvalue weighted by Gasteiger charge is -2.34. The lowest BCUT2D eigenvalue weighted by atomic mass is 10.1. The fraction of sp³-hybridized carbons (Fsp3) is 0.467. The van der Waals surface area contributed by atoms with E-state index in [0.717, 1.165) is 12.1 Å². The largest absolute Gasteiger partial charge is 0.372 e. The van der Waals surface area contributed by atoms with Crippen molar-refractivity contribution in [2.75, 3.05) is 39.4 Å². The predicted octanol–water partition coefficient (Wildman–Crippen LogP) is 1.29. The zero-order valence-electron chi connectivity index (χ0n) is 12.3. The monoisotopic (exact) mass is 312 g/mol. The number of ether oxygens (including phenoxy) is 1. The first-order valence-electron chi connectivity index (χ1n) is 7.12. The summed E-state index contributed by atoms with van der Waals surface area (Å²) in [6.07, 6.45) is 0. The van der Waals surface area contributed by atoms with Crippen LogP contribution in [0.5, 0.6) is 0 Å². The number of halogens is 2. The molecular formula is C15H18F2N2O3. The van der Waals surface area contributed by atoms with Gasteiger partial charge in [0.1, 0.15) is 6.61 Å². The van der Waals surface area contributed by atoms with Gasteiger partial charge in [-0.25, -0.2) is 8.78 Å². The second-order valence-corrected chi connectivity index (χ2v) is 4.94. The van der Waals surface area contributed by atoms with Crippen LogP contribution in [0.2, 0.25) is 0 Å². The van der Waals surface area contributed by atoms with Gasteiger partial charge in [0.05, 0.1) is 0 Å². The lowest BCUT2D eigenvalue weighted by molar-refractivity contribution is -0.137. The SMILES string of the molecule is CCOCC(=O)N1CCN(C(=O)c2ccc(F)c(F)c2)CC1. The van der Waals surface area contributed by atoms with Crippen LogP contribution in [0, 0.1) is 11.6 Å². The molecule has 0 bridgehead atoms. The minimum atomic E-state index is -1.05. The molecule has 1 fully saturated rings. The third-order valence-corrected chi connectivity index (χ3v) is 3.52. The smallest absolute Gasteiger partial charge is 0.254 e. The number of carbonyl (C=O) groups excluding carboxylic acids is 2. The Labute approximate surface area is 127 Å². The van der Waals surface area contributed by atoms with Crippen molar-refractivity contribution in [3.8, 4) is 0 Å². The Hall–Kier alpha value is -2.02. The minimum absolute atomic E-state index is 0.0353. The van der Waals surface area contributed by atoms with Gasteiger partial charge >= 0.3 is 0 Å². The minimum Gasteiger partial charge on any atom is -0.372 e. The average molecular weight is 312 g/mol. The molecule has 5 nitrogen and oxygen atoms in total. The normalized spacial score (nSPS) is 15.0. The molecule has 7 heteroatoms. The summed E-state index contributed by atoms with van der Waals surface area (Å²) >= 11 is 0. The Bertz CT molecular complexity index is 558. The molecule has 1 aromatic rings. The fourth-order valence-electron chi connectivity index (χ4n) is 2.25. The highest BCUT2D eigenvalue weighted by atomic mass is 19.2. The molecule has 2 amide bonds. The van der Waals surface area contributed by atoms with Gasteiger partial charge < -0.3 is 14.5 Å². The van der Waals surface area contributed by atoms with Crippen molar-refractivity contribution in [3.63, 3.8) is 0 Å². The van der Waals surface area contributed by atoms with E-state index < -0.39 is 11.6 Å². The number of piperazine rings is 1. The van der Waals surface area contributed by atoms with Crippen LogP contribution in [0.3, 0.4) is 0 Å². The molecule has 0 atom stereocenters. The van der Waals surface area contributed by atoms with Gasteiger partial charge in [-0.1, -0.05) is 0 Å². The van der Waals surface area contributed by atoms with Gasteiger partial charge in [-0.05, 0) is 25.1 Å². The van der Waals surface area contributed by atoms with Gasteiger partial charge in [0.15, 0.2) is 11.6 Å². The quantitative estimate of drug-likeness (QED) is 0.842. The van der Waals surface area contributed by atoms with E-state index in [1.54, 1.807) is 4.90 Å². The highest BCUT2D eigenvalue weighted by Crippen LogP contribution is 2.13. The van der Waals surface area contributed by atoms with Gasteiger partial charge in [0, 0.05) is 38.3 Å². The molecule has 0 N–H and O–H groups in total. The third kappa shape index (κ3) is 3.79. The molecule has 1 aliphatic heterocycles. The predicted molar refractivity (Wildman–Crippen MR) is 75.3 cm³/mol. The molecule has 22 heavy (non-hydrogen) atoms. The Morgan fingerprint density at radius 2 is 1.73 bits per heavy atom. The first-order chi connectivity index (χ1) is 10.5. The molecule has 0 aliphatic carbocycles. The molecule has 1 aromatic carbocycles. The Morgan fingerprint density at radius 1 is 1.09 bits per heavy atom. The second-order valence-electron chi connectivity index (χ2n) is 4.94. The number of hydrogen-bond acceptors (Lipinski definition) is 3. The maximum absolute atomic E-state index is 13.2. The average Bonchev–Trinajstić information content (AvgIpc) is 2.54. The topological polar surface area (TPSA) is 49.9 Å². The van der Waals surface area contributed by atoms with Crippen LogP contribution in [-0.4, -0.2) is 61.0 Å². The molecule has 120 valence electrons. The van der Waals surface area contributed by atoms with Gasteiger partial charge in [-0.2, -0.15) is 0 Å². The third-order valence-electron chi connectivity index (χ3n) is 3.52. The molecule has 1 aliphatic rings. The number of nitrogens with zero attached hydrogens (tertiary/aromatic N) is 2. The summed E-state index contributed by atoms with van der Waals surface area (Å²) in [5.41, 5.74) is 0.105. The van der Waals surface area contributed by atoms with Gasteiger partial charge in [0.25, 0.3) is 5.91 Å². The van der Waals surface area contributed by atoms with E-state index in [4.69, 9.17) is 4.74 Å². The number of carbonyl (C=O) groups is 2. The molecule has 0 spiro atoms. The standard InChI is InChI=1S/C15H18F2N2O3/c1-2-22-10-14(20)18-5-7-19(8-6-18)15(21)11-3-4-12(16)13(17)9-11/h3-4,9H,2,5-8,10H2,1H3. The second kappa shape index (κ2) is 7.31. The van der Waals surface area contributed by atoms with E-state index in [9.17, 15) is 18.4 Å². The zero-order valence-corrected chi connectivity index (χ0v) is 12.3. The van der Waals surface area contributed by atoms with Crippen molar-refractivity contribution in [2.24, 2.45) is 0 Å². The summed E-state index contributed by atoms with van der Waals surface area (Å²) in [6, 6.07) is 3.09. The maximum atomic E-state index is 13.2. The van der Waals surface area contributed by atoms with Crippen LogP contribution in [0.4, 0.5) is 8.78 Å². The van der Waals surface area contributed by atoms with Crippen molar-refractivity contribution in [1.82, 2.24) is 9.80 Å². The first-order valence-corrected chi connectivity index (χ1v) is 7.12. The number of rotatable bonds is 4.